The van der Waals surface area contributed by atoms with E-state index in [4.69, 9.17) is 5.84 Å². The predicted octanol–water partition coefficient (Wildman–Crippen LogP) is -0.118. The average molecular weight is 186 g/mol. The lowest BCUT2D eigenvalue weighted by Crippen LogP contribution is -2.30. The Morgan fingerprint density at radius 1 is 1.83 bits per heavy atom. The molecule has 0 atom stereocenters. The van der Waals surface area contributed by atoms with Crippen molar-refractivity contribution in [2.24, 2.45) is 5.84 Å². The molecule has 6 heteroatoms. The highest BCUT2D eigenvalue weighted by atomic mass is 32.2. The zero-order valence-electron chi connectivity index (χ0n) is 6.41. The van der Waals surface area contributed by atoms with Gasteiger partial charge in [0.15, 0.2) is 5.16 Å². The van der Waals surface area contributed by atoms with E-state index in [-0.39, 0.29) is 5.91 Å². The maximum atomic E-state index is 10.7. The van der Waals surface area contributed by atoms with Gasteiger partial charge in [0, 0.05) is 24.6 Å². The summed E-state index contributed by atoms with van der Waals surface area (Å²) in [5.41, 5.74) is 2.06. The Morgan fingerprint density at radius 2 is 2.67 bits per heavy atom. The Labute approximate surface area is 74.1 Å². The molecule has 5 nitrogen and oxygen atoms in total. The van der Waals surface area contributed by atoms with Gasteiger partial charge >= 0.3 is 0 Å². The highest BCUT2D eigenvalue weighted by Crippen LogP contribution is 2.11. The molecule has 0 saturated heterocycles. The number of carbonyl (C=O) groups is 1. The van der Waals surface area contributed by atoms with Gasteiger partial charge < -0.3 is 4.98 Å². The summed E-state index contributed by atoms with van der Waals surface area (Å²) in [6.07, 6.45) is 3.82. The molecular formula is C6H10N4OS. The van der Waals surface area contributed by atoms with Gasteiger partial charge in [-0.15, -0.1) is 0 Å². The lowest BCUT2D eigenvalue weighted by molar-refractivity contribution is -0.120. The number of amides is 1. The molecular weight excluding hydrogens is 176 g/mol. The predicted molar refractivity (Wildman–Crippen MR) is 46.3 cm³/mol. The van der Waals surface area contributed by atoms with Crippen LogP contribution in [0.15, 0.2) is 17.6 Å². The largest absolute Gasteiger partial charge is 0.340 e. The van der Waals surface area contributed by atoms with Crippen LogP contribution < -0.4 is 11.3 Å². The molecule has 1 amide bonds. The third-order valence-electron chi connectivity index (χ3n) is 1.20. The molecule has 1 rings (SSSR count). The molecule has 0 fully saturated rings. The number of aromatic nitrogens is 2. The average Bonchev–Trinajstić information content (AvgIpc) is 2.57. The van der Waals surface area contributed by atoms with E-state index in [1.807, 2.05) is 0 Å². The highest BCUT2D eigenvalue weighted by molar-refractivity contribution is 7.99. The van der Waals surface area contributed by atoms with Gasteiger partial charge in [0.25, 0.3) is 0 Å². The summed E-state index contributed by atoms with van der Waals surface area (Å²) in [6.45, 7) is 0. The first-order valence-corrected chi connectivity index (χ1v) is 4.43. The monoisotopic (exact) mass is 186 g/mol. The maximum absolute atomic E-state index is 10.7. The Morgan fingerprint density at radius 3 is 3.25 bits per heavy atom. The molecule has 0 aromatic carbocycles. The number of aromatic amines is 1. The molecule has 0 radical (unpaired) electrons. The van der Waals surface area contributed by atoms with E-state index < -0.39 is 0 Å². The van der Waals surface area contributed by atoms with Crippen LogP contribution in [0.4, 0.5) is 0 Å². The summed E-state index contributed by atoms with van der Waals surface area (Å²) in [4.78, 5) is 17.6. The Hall–Kier alpha value is -1.01. The fourth-order valence-electron chi connectivity index (χ4n) is 0.642. The number of H-pyrrole nitrogens is 1. The number of rotatable bonds is 4. The number of hydrogen-bond donors (Lipinski definition) is 3. The molecule has 0 unspecified atom stereocenters. The minimum absolute atomic E-state index is 0.158. The number of nitrogens with zero attached hydrogens (tertiary/aromatic N) is 1. The number of thioether (sulfide) groups is 1. The molecule has 0 aliphatic rings. The van der Waals surface area contributed by atoms with Gasteiger partial charge in [0.2, 0.25) is 5.91 Å². The van der Waals surface area contributed by atoms with Crippen molar-refractivity contribution in [1.29, 1.82) is 0 Å². The van der Waals surface area contributed by atoms with E-state index in [1.54, 1.807) is 12.4 Å². The summed E-state index contributed by atoms with van der Waals surface area (Å²) in [5, 5.41) is 0.819. The van der Waals surface area contributed by atoms with Gasteiger partial charge in [-0.3, -0.25) is 10.2 Å². The zero-order chi connectivity index (χ0) is 8.81. The molecule has 0 saturated carbocycles. The normalized spacial score (nSPS) is 9.75. The summed E-state index contributed by atoms with van der Waals surface area (Å²) in [5.74, 6) is 5.42. The summed E-state index contributed by atoms with van der Waals surface area (Å²) in [7, 11) is 0. The molecule has 0 spiro atoms. The second kappa shape index (κ2) is 4.78. The van der Waals surface area contributed by atoms with Crippen molar-refractivity contribution >= 4 is 17.7 Å². The smallest absolute Gasteiger partial charge is 0.234 e. The first-order valence-electron chi connectivity index (χ1n) is 3.44. The van der Waals surface area contributed by atoms with E-state index >= 15 is 0 Å². The first kappa shape index (κ1) is 9.08. The third-order valence-corrected chi connectivity index (χ3v) is 2.11. The van der Waals surface area contributed by atoms with Crippen LogP contribution in [0, 0.1) is 0 Å². The molecule has 1 aromatic rings. The van der Waals surface area contributed by atoms with Gasteiger partial charge in [0.05, 0.1) is 0 Å². The van der Waals surface area contributed by atoms with E-state index in [0.29, 0.717) is 12.2 Å². The van der Waals surface area contributed by atoms with Crippen LogP contribution in [0.25, 0.3) is 0 Å². The highest BCUT2D eigenvalue weighted by Gasteiger charge is 1.99. The summed E-state index contributed by atoms with van der Waals surface area (Å²) in [6, 6.07) is 0. The molecule has 1 aromatic heterocycles. The van der Waals surface area contributed by atoms with Crippen LogP contribution >= 0.6 is 11.8 Å². The number of imidazole rings is 1. The van der Waals surface area contributed by atoms with Crippen LogP contribution in [0.5, 0.6) is 0 Å². The fourth-order valence-corrected chi connectivity index (χ4v) is 1.41. The maximum Gasteiger partial charge on any atom is 0.234 e. The molecule has 1 heterocycles. The standard InChI is InChI=1S/C6H10N4OS/c7-10-5(11)1-4-12-6-8-2-3-9-6/h2-3H,1,4,7H2,(H,8,9)(H,10,11). The van der Waals surface area contributed by atoms with E-state index in [2.05, 4.69) is 15.4 Å². The van der Waals surface area contributed by atoms with E-state index in [1.165, 1.54) is 11.8 Å². The van der Waals surface area contributed by atoms with Crippen molar-refractivity contribution in [3.8, 4) is 0 Å². The van der Waals surface area contributed by atoms with Crippen molar-refractivity contribution in [3.05, 3.63) is 12.4 Å². The van der Waals surface area contributed by atoms with Crippen LogP contribution in [-0.4, -0.2) is 21.6 Å². The van der Waals surface area contributed by atoms with Crippen molar-refractivity contribution in [3.63, 3.8) is 0 Å². The Kier molecular flexibility index (Phi) is 3.62. The van der Waals surface area contributed by atoms with Crippen LogP contribution in [0.2, 0.25) is 0 Å². The quantitative estimate of drug-likeness (QED) is 0.265. The first-order chi connectivity index (χ1) is 5.83. The molecule has 0 aliphatic carbocycles. The van der Waals surface area contributed by atoms with Crippen LogP contribution in [0.3, 0.4) is 0 Å². The second-order valence-corrected chi connectivity index (χ2v) is 3.14. The molecule has 0 bridgehead atoms. The molecule has 12 heavy (non-hydrogen) atoms. The molecule has 0 aliphatic heterocycles. The number of hydrazine groups is 1. The van der Waals surface area contributed by atoms with Gasteiger partial charge in [-0.2, -0.15) is 0 Å². The third kappa shape index (κ3) is 2.93. The van der Waals surface area contributed by atoms with Crippen molar-refractivity contribution in [2.75, 3.05) is 5.75 Å². The Bertz CT molecular complexity index is 236. The minimum Gasteiger partial charge on any atom is -0.340 e. The van der Waals surface area contributed by atoms with Gasteiger partial charge in [-0.05, 0) is 0 Å². The Balaban J connectivity index is 2.15. The van der Waals surface area contributed by atoms with Crippen molar-refractivity contribution < 1.29 is 4.79 Å². The minimum atomic E-state index is -0.158. The van der Waals surface area contributed by atoms with Gasteiger partial charge in [-0.1, -0.05) is 11.8 Å². The SMILES string of the molecule is NNC(=O)CCSc1ncc[nH]1. The number of hydrogen-bond acceptors (Lipinski definition) is 4. The van der Waals surface area contributed by atoms with Gasteiger partial charge in [-0.25, -0.2) is 10.8 Å². The lowest BCUT2D eigenvalue weighted by atomic mass is 10.5. The van der Waals surface area contributed by atoms with E-state index in [0.717, 1.165) is 5.16 Å². The lowest BCUT2D eigenvalue weighted by Gasteiger charge is -1.96. The zero-order valence-corrected chi connectivity index (χ0v) is 7.23. The number of carbonyl (C=O) groups excluding carboxylic acids is 1. The van der Waals surface area contributed by atoms with Crippen molar-refractivity contribution in [2.45, 2.75) is 11.6 Å². The van der Waals surface area contributed by atoms with Gasteiger partial charge in [0.1, 0.15) is 0 Å². The number of nitrogens with two attached hydrogens (primary N) is 1. The van der Waals surface area contributed by atoms with Crippen molar-refractivity contribution in [1.82, 2.24) is 15.4 Å². The number of nitrogens with one attached hydrogen (secondary N) is 2. The van der Waals surface area contributed by atoms with E-state index in [9.17, 15) is 4.79 Å². The summed E-state index contributed by atoms with van der Waals surface area (Å²) >= 11 is 1.49. The van der Waals surface area contributed by atoms with Crippen LogP contribution in [0.1, 0.15) is 6.42 Å². The topological polar surface area (TPSA) is 83.8 Å². The molecule has 66 valence electrons. The second-order valence-electron chi connectivity index (χ2n) is 2.06. The molecule has 4 N–H and O–H groups in total. The summed E-state index contributed by atoms with van der Waals surface area (Å²) < 4.78 is 0. The fraction of sp³-hybridized carbons (Fsp3) is 0.333. The van der Waals surface area contributed by atoms with Crippen LogP contribution in [-0.2, 0) is 4.79 Å².